The van der Waals surface area contributed by atoms with Crippen molar-refractivity contribution in [3.05, 3.63) is 54.7 Å². The number of hydrogen-bond donors (Lipinski definition) is 1. The molecule has 0 atom stereocenters. The van der Waals surface area contributed by atoms with Crippen molar-refractivity contribution in [3.8, 4) is 0 Å². The van der Waals surface area contributed by atoms with E-state index in [1.165, 1.54) is 12.5 Å². The van der Waals surface area contributed by atoms with Crippen LogP contribution in [0.5, 0.6) is 0 Å². The van der Waals surface area contributed by atoms with Crippen LogP contribution in [0.15, 0.2) is 53.6 Å². The predicted octanol–water partition coefficient (Wildman–Crippen LogP) is 2.01. The van der Waals surface area contributed by atoms with Crippen molar-refractivity contribution in [2.24, 2.45) is 0 Å². The van der Waals surface area contributed by atoms with Crippen LogP contribution in [-0.4, -0.2) is 15.6 Å². The van der Waals surface area contributed by atoms with Gasteiger partial charge in [-0.05, 0) is 18.2 Å². The first kappa shape index (κ1) is 9.65. The summed E-state index contributed by atoms with van der Waals surface area (Å²) in [6, 6.07) is 9.17. The van der Waals surface area contributed by atoms with E-state index in [0.717, 1.165) is 11.0 Å². The van der Waals surface area contributed by atoms with E-state index < -0.39 is 0 Å². The standard InChI is InChI=1S/C12H9N3O2/c16-12(9-5-6-17-7-9)14-15-8-13-10-3-1-2-4-11(10)15/h1-8H,(H,14,16). The zero-order chi connectivity index (χ0) is 11.7. The van der Waals surface area contributed by atoms with Crippen molar-refractivity contribution in [2.75, 3.05) is 5.43 Å². The van der Waals surface area contributed by atoms with Gasteiger partial charge >= 0.3 is 0 Å². The molecule has 0 spiro atoms. The molecule has 2 aromatic heterocycles. The van der Waals surface area contributed by atoms with E-state index in [4.69, 9.17) is 4.42 Å². The van der Waals surface area contributed by atoms with E-state index in [0.29, 0.717) is 5.56 Å². The first-order chi connectivity index (χ1) is 8.34. The Balaban J connectivity index is 1.93. The third-order valence-corrected chi connectivity index (χ3v) is 2.46. The van der Waals surface area contributed by atoms with Gasteiger partial charge in [0.25, 0.3) is 5.91 Å². The highest BCUT2D eigenvalue weighted by Gasteiger charge is 2.08. The number of hydrogen-bond acceptors (Lipinski definition) is 3. The Bertz CT molecular complexity index is 655. The van der Waals surface area contributed by atoms with Gasteiger partial charge in [-0.3, -0.25) is 10.2 Å². The number of rotatable bonds is 2. The molecule has 0 unspecified atom stereocenters. The molecule has 1 amide bonds. The quantitative estimate of drug-likeness (QED) is 0.728. The highest BCUT2D eigenvalue weighted by molar-refractivity contribution is 6.00. The van der Waals surface area contributed by atoms with Gasteiger partial charge in [-0.15, -0.1) is 0 Å². The molecule has 3 aromatic rings. The van der Waals surface area contributed by atoms with Gasteiger partial charge in [0, 0.05) is 0 Å². The van der Waals surface area contributed by atoms with Crippen LogP contribution in [0.4, 0.5) is 0 Å². The number of imidazole rings is 1. The van der Waals surface area contributed by atoms with Gasteiger partial charge in [0.05, 0.1) is 22.9 Å². The Morgan fingerprint density at radius 1 is 1.29 bits per heavy atom. The lowest BCUT2D eigenvalue weighted by molar-refractivity contribution is 0.101. The Hall–Kier alpha value is -2.56. The lowest BCUT2D eigenvalue weighted by Crippen LogP contribution is -2.21. The molecule has 5 heteroatoms. The summed E-state index contributed by atoms with van der Waals surface area (Å²) in [4.78, 5) is 16.0. The Labute approximate surface area is 96.6 Å². The van der Waals surface area contributed by atoms with E-state index in [1.54, 1.807) is 17.1 Å². The van der Waals surface area contributed by atoms with Gasteiger partial charge in [-0.2, -0.15) is 0 Å². The van der Waals surface area contributed by atoms with Gasteiger partial charge in [-0.1, -0.05) is 12.1 Å². The number of nitrogens with zero attached hydrogens (tertiary/aromatic N) is 2. The average Bonchev–Trinajstić information content (AvgIpc) is 2.98. The molecule has 5 nitrogen and oxygen atoms in total. The summed E-state index contributed by atoms with van der Waals surface area (Å²) in [6.07, 6.45) is 4.43. The van der Waals surface area contributed by atoms with E-state index in [2.05, 4.69) is 10.4 Å². The summed E-state index contributed by atoms with van der Waals surface area (Å²) in [6.45, 7) is 0. The lowest BCUT2D eigenvalue weighted by atomic mass is 10.3. The topological polar surface area (TPSA) is 60.1 Å². The van der Waals surface area contributed by atoms with Gasteiger partial charge in [0.2, 0.25) is 0 Å². The summed E-state index contributed by atoms with van der Waals surface area (Å²) >= 11 is 0. The van der Waals surface area contributed by atoms with Crippen molar-refractivity contribution in [3.63, 3.8) is 0 Å². The van der Waals surface area contributed by atoms with Gasteiger partial charge in [0.15, 0.2) is 0 Å². The van der Waals surface area contributed by atoms with Crippen molar-refractivity contribution >= 4 is 16.9 Å². The molecule has 2 heterocycles. The smallest absolute Gasteiger partial charge is 0.273 e. The molecule has 0 aliphatic rings. The minimum absolute atomic E-state index is 0.234. The van der Waals surface area contributed by atoms with E-state index in [1.807, 2.05) is 24.3 Å². The Kier molecular flexibility index (Phi) is 2.15. The fourth-order valence-electron chi connectivity index (χ4n) is 1.62. The number of carbonyl (C=O) groups excluding carboxylic acids is 1. The minimum Gasteiger partial charge on any atom is -0.472 e. The van der Waals surface area contributed by atoms with Gasteiger partial charge < -0.3 is 4.42 Å². The molecule has 0 fully saturated rings. The molecule has 3 rings (SSSR count). The summed E-state index contributed by atoms with van der Waals surface area (Å²) < 4.78 is 6.44. The first-order valence-corrected chi connectivity index (χ1v) is 5.10. The number of amides is 1. The van der Waals surface area contributed by atoms with Crippen LogP contribution in [0, 0.1) is 0 Å². The van der Waals surface area contributed by atoms with Crippen molar-refractivity contribution in [2.45, 2.75) is 0 Å². The average molecular weight is 227 g/mol. The zero-order valence-electron chi connectivity index (χ0n) is 8.83. The van der Waals surface area contributed by atoms with Crippen LogP contribution >= 0.6 is 0 Å². The van der Waals surface area contributed by atoms with Crippen LogP contribution in [0.2, 0.25) is 0 Å². The summed E-state index contributed by atoms with van der Waals surface area (Å²) in [5.41, 5.74) is 4.88. The fourth-order valence-corrected chi connectivity index (χ4v) is 1.62. The third-order valence-electron chi connectivity index (χ3n) is 2.46. The van der Waals surface area contributed by atoms with E-state index >= 15 is 0 Å². The zero-order valence-corrected chi connectivity index (χ0v) is 8.83. The molecule has 0 aliphatic heterocycles. The van der Waals surface area contributed by atoms with Crippen LogP contribution in [0.3, 0.4) is 0 Å². The number of para-hydroxylation sites is 2. The molecule has 17 heavy (non-hydrogen) atoms. The Morgan fingerprint density at radius 2 is 2.18 bits per heavy atom. The van der Waals surface area contributed by atoms with E-state index in [-0.39, 0.29) is 5.91 Å². The number of aromatic nitrogens is 2. The molecule has 0 bridgehead atoms. The second-order valence-electron chi connectivity index (χ2n) is 3.56. The Morgan fingerprint density at radius 3 is 3.00 bits per heavy atom. The number of carbonyl (C=O) groups is 1. The number of fused-ring (bicyclic) bond motifs is 1. The summed E-state index contributed by atoms with van der Waals surface area (Å²) in [5, 5.41) is 0. The highest BCUT2D eigenvalue weighted by Crippen LogP contribution is 2.10. The predicted molar refractivity (Wildman–Crippen MR) is 62.1 cm³/mol. The molecule has 0 radical (unpaired) electrons. The SMILES string of the molecule is O=C(Nn1cnc2ccccc21)c1ccoc1. The highest BCUT2D eigenvalue weighted by atomic mass is 16.3. The third kappa shape index (κ3) is 1.67. The fraction of sp³-hybridized carbons (Fsp3) is 0. The molecular weight excluding hydrogens is 218 g/mol. The molecule has 0 saturated heterocycles. The molecule has 1 aromatic carbocycles. The number of benzene rings is 1. The van der Waals surface area contributed by atoms with Crippen molar-refractivity contribution in [1.82, 2.24) is 9.66 Å². The van der Waals surface area contributed by atoms with Gasteiger partial charge in [-0.25, -0.2) is 9.66 Å². The first-order valence-electron chi connectivity index (χ1n) is 5.10. The summed E-state index contributed by atoms with van der Waals surface area (Å²) in [7, 11) is 0. The monoisotopic (exact) mass is 227 g/mol. The van der Waals surface area contributed by atoms with Crippen LogP contribution in [-0.2, 0) is 0 Å². The maximum Gasteiger partial charge on any atom is 0.273 e. The number of nitrogens with one attached hydrogen (secondary N) is 1. The van der Waals surface area contributed by atoms with Gasteiger partial charge in [0.1, 0.15) is 12.6 Å². The summed E-state index contributed by atoms with van der Waals surface area (Å²) in [5.74, 6) is -0.234. The maximum atomic E-state index is 11.8. The number of furan rings is 1. The largest absolute Gasteiger partial charge is 0.472 e. The van der Waals surface area contributed by atoms with Crippen molar-refractivity contribution < 1.29 is 9.21 Å². The van der Waals surface area contributed by atoms with Crippen LogP contribution in [0.25, 0.3) is 11.0 Å². The van der Waals surface area contributed by atoms with Crippen LogP contribution in [0.1, 0.15) is 10.4 Å². The molecule has 84 valence electrons. The molecule has 0 saturated carbocycles. The lowest BCUT2D eigenvalue weighted by Gasteiger charge is -2.04. The molecular formula is C12H9N3O2. The molecule has 1 N–H and O–H groups in total. The second-order valence-corrected chi connectivity index (χ2v) is 3.56. The molecule has 0 aliphatic carbocycles. The van der Waals surface area contributed by atoms with Crippen LogP contribution < -0.4 is 5.43 Å². The van der Waals surface area contributed by atoms with Crippen molar-refractivity contribution in [1.29, 1.82) is 0 Å². The van der Waals surface area contributed by atoms with E-state index in [9.17, 15) is 4.79 Å². The maximum absolute atomic E-state index is 11.8. The second kappa shape index (κ2) is 3.79. The normalized spacial score (nSPS) is 10.6. The minimum atomic E-state index is -0.234.